The lowest BCUT2D eigenvalue weighted by atomic mass is 10.3. The molecule has 0 saturated carbocycles. The molecule has 0 radical (unpaired) electrons. The number of carbonyl (C=O) groups excluding carboxylic acids is 1. The maximum absolute atomic E-state index is 11.7. The molecule has 6 nitrogen and oxygen atoms in total. The highest BCUT2D eigenvalue weighted by Gasteiger charge is 2.09. The van der Waals surface area contributed by atoms with Crippen LogP contribution < -0.4 is 16.4 Å². The highest BCUT2D eigenvalue weighted by molar-refractivity contribution is 5.76. The first kappa shape index (κ1) is 15.3. The first-order valence-corrected chi connectivity index (χ1v) is 7.28. The van der Waals surface area contributed by atoms with Gasteiger partial charge >= 0.3 is 5.76 Å². The fraction of sp³-hybridized carbons (Fsp3) is 0.467. The van der Waals surface area contributed by atoms with Gasteiger partial charge in [-0.2, -0.15) is 0 Å². The molecule has 2 rings (SSSR count). The number of aryl methyl sites for hydroxylation is 1. The first-order chi connectivity index (χ1) is 10.2. The second-order valence-electron chi connectivity index (χ2n) is 4.84. The number of nitrogens with one attached hydrogen (secondary N) is 2. The zero-order valence-corrected chi connectivity index (χ0v) is 12.2. The Kier molecular flexibility index (Phi) is 5.57. The van der Waals surface area contributed by atoms with Crippen molar-refractivity contribution in [2.45, 2.75) is 26.3 Å². The number of amides is 1. The number of oxazole rings is 1. The molecule has 0 aliphatic rings. The monoisotopic (exact) mass is 291 g/mol. The third-order valence-electron chi connectivity index (χ3n) is 3.19. The summed E-state index contributed by atoms with van der Waals surface area (Å²) in [4.78, 5) is 23.5. The van der Waals surface area contributed by atoms with Crippen LogP contribution in [0.15, 0.2) is 33.5 Å². The second-order valence-corrected chi connectivity index (χ2v) is 4.84. The third-order valence-corrected chi connectivity index (χ3v) is 3.19. The summed E-state index contributed by atoms with van der Waals surface area (Å²) < 4.78 is 6.61. The molecule has 1 amide bonds. The highest BCUT2D eigenvalue weighted by atomic mass is 16.4. The van der Waals surface area contributed by atoms with E-state index >= 15 is 0 Å². The minimum atomic E-state index is -0.423. The van der Waals surface area contributed by atoms with Crippen LogP contribution in [-0.4, -0.2) is 30.1 Å². The fourth-order valence-electron chi connectivity index (χ4n) is 2.12. The molecule has 21 heavy (non-hydrogen) atoms. The molecule has 1 heterocycles. The lowest BCUT2D eigenvalue weighted by Gasteiger charge is -2.06. The summed E-state index contributed by atoms with van der Waals surface area (Å²) in [6.45, 7) is 4.73. The SMILES string of the molecule is CCCNCCNC(=O)CCn1c(=O)oc2ccccc21. The number of para-hydroxylation sites is 2. The van der Waals surface area contributed by atoms with Crippen molar-refractivity contribution in [3.63, 3.8) is 0 Å². The minimum Gasteiger partial charge on any atom is -0.408 e. The molecule has 0 bridgehead atoms. The van der Waals surface area contributed by atoms with Gasteiger partial charge in [0.15, 0.2) is 5.58 Å². The van der Waals surface area contributed by atoms with Gasteiger partial charge in [-0.15, -0.1) is 0 Å². The Labute approximate surface area is 123 Å². The Balaban J connectivity index is 1.83. The molecule has 2 aromatic rings. The number of rotatable bonds is 8. The molecule has 0 saturated heterocycles. The van der Waals surface area contributed by atoms with E-state index in [2.05, 4.69) is 17.6 Å². The molecule has 1 aromatic carbocycles. The average molecular weight is 291 g/mol. The zero-order chi connectivity index (χ0) is 15.1. The summed E-state index contributed by atoms with van der Waals surface area (Å²) in [5, 5.41) is 6.03. The molecule has 0 fully saturated rings. The maximum Gasteiger partial charge on any atom is 0.419 e. The molecule has 0 aliphatic carbocycles. The zero-order valence-electron chi connectivity index (χ0n) is 12.2. The number of aromatic nitrogens is 1. The van der Waals surface area contributed by atoms with E-state index in [4.69, 9.17) is 4.42 Å². The van der Waals surface area contributed by atoms with E-state index in [0.717, 1.165) is 25.0 Å². The number of fused-ring (bicyclic) bond motifs is 1. The van der Waals surface area contributed by atoms with Gasteiger partial charge in [-0.3, -0.25) is 9.36 Å². The number of hydrogen-bond acceptors (Lipinski definition) is 4. The van der Waals surface area contributed by atoms with Gasteiger partial charge in [0.1, 0.15) is 0 Å². The molecule has 0 unspecified atom stereocenters. The normalized spacial score (nSPS) is 10.9. The predicted octanol–water partition coefficient (Wildman–Crippen LogP) is 1.10. The Bertz CT molecular complexity index is 645. The van der Waals surface area contributed by atoms with E-state index in [1.807, 2.05) is 18.2 Å². The molecule has 1 aromatic heterocycles. The first-order valence-electron chi connectivity index (χ1n) is 7.28. The quantitative estimate of drug-likeness (QED) is 0.714. The molecular weight excluding hydrogens is 270 g/mol. The second kappa shape index (κ2) is 7.64. The number of hydrogen-bond donors (Lipinski definition) is 2. The Morgan fingerprint density at radius 1 is 1.24 bits per heavy atom. The number of carbonyl (C=O) groups is 1. The molecular formula is C15H21N3O3. The van der Waals surface area contributed by atoms with E-state index in [9.17, 15) is 9.59 Å². The van der Waals surface area contributed by atoms with Gasteiger partial charge in [-0.25, -0.2) is 4.79 Å². The maximum atomic E-state index is 11.7. The van der Waals surface area contributed by atoms with Gasteiger partial charge in [0, 0.05) is 26.1 Å². The van der Waals surface area contributed by atoms with Gasteiger partial charge in [0.25, 0.3) is 0 Å². The predicted molar refractivity (Wildman–Crippen MR) is 81.3 cm³/mol. The summed E-state index contributed by atoms with van der Waals surface area (Å²) in [6.07, 6.45) is 1.33. The highest BCUT2D eigenvalue weighted by Crippen LogP contribution is 2.11. The number of benzene rings is 1. The summed E-state index contributed by atoms with van der Waals surface area (Å²) >= 11 is 0. The van der Waals surface area contributed by atoms with Crippen molar-refractivity contribution < 1.29 is 9.21 Å². The van der Waals surface area contributed by atoms with E-state index in [-0.39, 0.29) is 12.3 Å². The average Bonchev–Trinajstić information content (AvgIpc) is 2.80. The van der Waals surface area contributed by atoms with Crippen molar-refractivity contribution in [2.24, 2.45) is 0 Å². The topological polar surface area (TPSA) is 76.3 Å². The molecule has 6 heteroatoms. The van der Waals surface area contributed by atoms with Crippen LogP contribution in [0, 0.1) is 0 Å². The minimum absolute atomic E-state index is 0.0644. The van der Waals surface area contributed by atoms with Gasteiger partial charge in [0.05, 0.1) is 5.52 Å². The summed E-state index contributed by atoms with van der Waals surface area (Å²) in [5.74, 6) is -0.487. The summed E-state index contributed by atoms with van der Waals surface area (Å²) in [7, 11) is 0. The van der Waals surface area contributed by atoms with E-state index < -0.39 is 5.76 Å². The van der Waals surface area contributed by atoms with Crippen molar-refractivity contribution >= 4 is 17.0 Å². The molecule has 0 aliphatic heterocycles. The van der Waals surface area contributed by atoms with Crippen molar-refractivity contribution in [1.29, 1.82) is 0 Å². The van der Waals surface area contributed by atoms with Crippen LogP contribution in [0.4, 0.5) is 0 Å². The van der Waals surface area contributed by atoms with Crippen LogP contribution in [0.3, 0.4) is 0 Å². The molecule has 0 spiro atoms. The largest absolute Gasteiger partial charge is 0.419 e. The van der Waals surface area contributed by atoms with E-state index in [0.29, 0.717) is 18.7 Å². The fourth-order valence-corrected chi connectivity index (χ4v) is 2.12. The van der Waals surface area contributed by atoms with E-state index in [1.54, 1.807) is 6.07 Å². The summed E-state index contributed by atoms with van der Waals surface area (Å²) in [6, 6.07) is 7.21. The van der Waals surface area contributed by atoms with E-state index in [1.165, 1.54) is 4.57 Å². The van der Waals surface area contributed by atoms with Crippen LogP contribution in [0.25, 0.3) is 11.1 Å². The van der Waals surface area contributed by atoms with Gasteiger partial charge in [0.2, 0.25) is 5.91 Å². The third kappa shape index (κ3) is 4.19. The van der Waals surface area contributed by atoms with Gasteiger partial charge in [-0.05, 0) is 25.1 Å². The van der Waals surface area contributed by atoms with Crippen LogP contribution in [0.5, 0.6) is 0 Å². The van der Waals surface area contributed by atoms with Crippen LogP contribution >= 0.6 is 0 Å². The number of nitrogens with zero attached hydrogens (tertiary/aromatic N) is 1. The molecule has 114 valence electrons. The Morgan fingerprint density at radius 2 is 2.05 bits per heavy atom. The van der Waals surface area contributed by atoms with Crippen molar-refractivity contribution in [2.75, 3.05) is 19.6 Å². The lowest BCUT2D eigenvalue weighted by molar-refractivity contribution is -0.121. The van der Waals surface area contributed by atoms with Crippen molar-refractivity contribution in [1.82, 2.24) is 15.2 Å². The molecule has 0 atom stereocenters. The van der Waals surface area contributed by atoms with Gasteiger partial charge < -0.3 is 15.1 Å². The standard InChI is InChI=1S/C15H21N3O3/c1-2-8-16-9-10-17-14(19)7-11-18-12-5-3-4-6-13(12)21-15(18)20/h3-6,16H,2,7-11H2,1H3,(H,17,19). The Morgan fingerprint density at radius 3 is 2.86 bits per heavy atom. The van der Waals surface area contributed by atoms with Crippen LogP contribution in [0.1, 0.15) is 19.8 Å². The van der Waals surface area contributed by atoms with Gasteiger partial charge in [-0.1, -0.05) is 19.1 Å². The summed E-state index contributed by atoms with van der Waals surface area (Å²) in [5.41, 5.74) is 1.27. The van der Waals surface area contributed by atoms with Crippen LogP contribution in [0.2, 0.25) is 0 Å². The smallest absolute Gasteiger partial charge is 0.408 e. The lowest BCUT2D eigenvalue weighted by Crippen LogP contribution is -2.33. The Hall–Kier alpha value is -2.08. The van der Waals surface area contributed by atoms with Crippen molar-refractivity contribution in [3.8, 4) is 0 Å². The molecule has 2 N–H and O–H groups in total. The van der Waals surface area contributed by atoms with Crippen molar-refractivity contribution in [3.05, 3.63) is 34.8 Å². The van der Waals surface area contributed by atoms with Crippen LogP contribution in [-0.2, 0) is 11.3 Å².